The van der Waals surface area contributed by atoms with Crippen molar-refractivity contribution in [3.05, 3.63) is 60.2 Å². The number of fused-ring (bicyclic) bond motifs is 1. The minimum absolute atomic E-state index is 0.277. The van der Waals surface area contributed by atoms with Gasteiger partial charge >= 0.3 is 5.97 Å². The minimum atomic E-state index is -0.928. The van der Waals surface area contributed by atoms with Crippen LogP contribution in [0.1, 0.15) is 21.5 Å². The molecule has 84 valence electrons. The average Bonchev–Trinajstić information content (AvgIpc) is 2.36. The number of hydrogen-bond donors (Lipinski definition) is 1. The second kappa shape index (κ2) is 4.26. The van der Waals surface area contributed by atoms with E-state index in [0.717, 1.165) is 21.9 Å². The zero-order valence-corrected chi connectivity index (χ0v) is 9.31. The van der Waals surface area contributed by atoms with Crippen molar-refractivity contribution in [3.8, 4) is 0 Å². The van der Waals surface area contributed by atoms with Crippen molar-refractivity contribution >= 4 is 28.9 Å². The molecule has 2 aromatic carbocycles. The minimum Gasteiger partial charge on any atom is -0.478 e. The Hall–Kier alpha value is -2.35. The molecule has 2 rings (SSSR count). The Bertz CT molecular complexity index is 624. The summed E-state index contributed by atoms with van der Waals surface area (Å²) in [6, 6.07) is 9.08. The van der Waals surface area contributed by atoms with Gasteiger partial charge in [0.05, 0.1) is 5.56 Å². The molecule has 17 heavy (non-hydrogen) atoms. The second-order valence-electron chi connectivity index (χ2n) is 3.76. The molecule has 0 aromatic heterocycles. The molecule has 0 saturated carbocycles. The van der Waals surface area contributed by atoms with Gasteiger partial charge in [0.2, 0.25) is 0 Å². The van der Waals surface area contributed by atoms with Crippen LogP contribution in [0.15, 0.2) is 43.5 Å². The molecule has 0 amide bonds. The molecular weight excluding hydrogens is 212 g/mol. The largest absolute Gasteiger partial charge is 0.478 e. The van der Waals surface area contributed by atoms with Gasteiger partial charge in [0.25, 0.3) is 0 Å². The number of carboxylic acid groups (broad SMARTS) is 1. The zero-order valence-electron chi connectivity index (χ0n) is 9.31. The van der Waals surface area contributed by atoms with Crippen LogP contribution in [-0.4, -0.2) is 11.1 Å². The molecule has 2 aromatic rings. The van der Waals surface area contributed by atoms with Gasteiger partial charge in [-0.25, -0.2) is 4.79 Å². The van der Waals surface area contributed by atoms with E-state index in [-0.39, 0.29) is 5.56 Å². The van der Waals surface area contributed by atoms with Crippen LogP contribution >= 0.6 is 0 Å². The Morgan fingerprint density at radius 2 is 1.88 bits per heavy atom. The molecule has 1 N–H and O–H groups in total. The smallest absolute Gasteiger partial charge is 0.335 e. The first-order valence-electron chi connectivity index (χ1n) is 5.21. The number of aromatic carboxylic acids is 1. The fourth-order valence-electron chi connectivity index (χ4n) is 1.82. The predicted octanol–water partition coefficient (Wildman–Crippen LogP) is 3.82. The van der Waals surface area contributed by atoms with Gasteiger partial charge in [0.15, 0.2) is 0 Å². The van der Waals surface area contributed by atoms with E-state index in [1.54, 1.807) is 24.3 Å². The molecule has 0 unspecified atom stereocenters. The van der Waals surface area contributed by atoms with Gasteiger partial charge in [0.1, 0.15) is 0 Å². The summed E-state index contributed by atoms with van der Waals surface area (Å²) in [5, 5.41) is 10.9. The highest BCUT2D eigenvalue weighted by Gasteiger charge is 2.07. The molecule has 0 aliphatic carbocycles. The first-order valence-corrected chi connectivity index (χ1v) is 5.21. The molecule has 2 heteroatoms. The maximum Gasteiger partial charge on any atom is 0.335 e. The van der Waals surface area contributed by atoms with Crippen LogP contribution in [0, 0.1) is 0 Å². The first-order chi connectivity index (χ1) is 8.15. The number of carbonyl (C=O) groups is 1. The monoisotopic (exact) mass is 224 g/mol. The molecule has 0 bridgehead atoms. The van der Waals surface area contributed by atoms with E-state index in [4.69, 9.17) is 5.11 Å². The lowest BCUT2D eigenvalue weighted by Gasteiger charge is -2.06. The van der Waals surface area contributed by atoms with Crippen LogP contribution in [-0.2, 0) is 0 Å². The summed E-state index contributed by atoms with van der Waals surface area (Å²) in [7, 11) is 0. The van der Waals surface area contributed by atoms with Crippen LogP contribution < -0.4 is 0 Å². The fourth-order valence-corrected chi connectivity index (χ4v) is 1.82. The van der Waals surface area contributed by atoms with Gasteiger partial charge in [-0.2, -0.15) is 0 Å². The lowest BCUT2D eigenvalue weighted by molar-refractivity contribution is 0.0697. The Kier molecular flexibility index (Phi) is 2.79. The number of hydrogen-bond acceptors (Lipinski definition) is 1. The summed E-state index contributed by atoms with van der Waals surface area (Å²) < 4.78 is 0. The second-order valence-corrected chi connectivity index (χ2v) is 3.76. The van der Waals surface area contributed by atoms with Crippen molar-refractivity contribution in [2.24, 2.45) is 0 Å². The number of rotatable bonds is 3. The van der Waals surface area contributed by atoms with E-state index >= 15 is 0 Å². The lowest BCUT2D eigenvalue weighted by Crippen LogP contribution is -1.97. The van der Waals surface area contributed by atoms with Gasteiger partial charge in [-0.15, -0.1) is 0 Å². The van der Waals surface area contributed by atoms with Crippen LogP contribution in [0.4, 0.5) is 0 Å². The lowest BCUT2D eigenvalue weighted by atomic mass is 9.99. The highest BCUT2D eigenvalue weighted by atomic mass is 16.4. The molecule has 0 aliphatic heterocycles. The summed E-state index contributed by atoms with van der Waals surface area (Å²) in [5.74, 6) is -0.928. The fraction of sp³-hybridized carbons (Fsp3) is 0. The molecule has 2 nitrogen and oxygen atoms in total. The van der Waals surface area contributed by atoms with Crippen molar-refractivity contribution in [1.29, 1.82) is 0 Å². The summed E-state index contributed by atoms with van der Waals surface area (Å²) >= 11 is 0. The molecule has 0 fully saturated rings. The van der Waals surface area contributed by atoms with E-state index in [1.807, 2.05) is 18.2 Å². The van der Waals surface area contributed by atoms with Crippen LogP contribution in [0.2, 0.25) is 0 Å². The molecule has 0 saturated heterocycles. The highest BCUT2D eigenvalue weighted by Crippen LogP contribution is 2.24. The molecular formula is C15H12O2. The van der Waals surface area contributed by atoms with E-state index in [9.17, 15) is 4.79 Å². The van der Waals surface area contributed by atoms with Gasteiger partial charge in [-0.1, -0.05) is 37.4 Å². The third-order valence-electron chi connectivity index (χ3n) is 2.71. The van der Waals surface area contributed by atoms with Crippen molar-refractivity contribution in [1.82, 2.24) is 0 Å². The summed E-state index contributed by atoms with van der Waals surface area (Å²) in [4.78, 5) is 11.0. The third-order valence-corrected chi connectivity index (χ3v) is 2.71. The van der Waals surface area contributed by atoms with E-state index < -0.39 is 5.97 Å². The third kappa shape index (κ3) is 1.97. The number of benzene rings is 2. The maximum absolute atomic E-state index is 11.0. The summed E-state index contributed by atoms with van der Waals surface area (Å²) in [5.41, 5.74) is 2.10. The Morgan fingerprint density at radius 1 is 1.12 bits per heavy atom. The Morgan fingerprint density at radius 3 is 2.47 bits per heavy atom. The Labute approximate surface area is 99.5 Å². The van der Waals surface area contributed by atoms with E-state index in [2.05, 4.69) is 13.2 Å². The standard InChI is InChI=1S/C15H12O2/c1-3-10-5-6-12-9-13(15(16)17)8-11(4-2)14(12)7-10/h3-9H,1-2H2,(H,16,17). The van der Waals surface area contributed by atoms with Crippen molar-refractivity contribution in [2.45, 2.75) is 0 Å². The molecule has 0 atom stereocenters. The summed E-state index contributed by atoms with van der Waals surface area (Å²) in [6.45, 7) is 7.44. The van der Waals surface area contributed by atoms with E-state index in [1.165, 1.54) is 0 Å². The van der Waals surface area contributed by atoms with Gasteiger partial charge < -0.3 is 5.11 Å². The molecule has 0 spiro atoms. The molecule has 0 radical (unpaired) electrons. The topological polar surface area (TPSA) is 37.3 Å². The summed E-state index contributed by atoms with van der Waals surface area (Å²) in [6.07, 6.45) is 3.43. The molecule has 0 aliphatic rings. The normalized spacial score (nSPS) is 10.1. The quantitative estimate of drug-likeness (QED) is 0.860. The number of carboxylic acids is 1. The average molecular weight is 224 g/mol. The molecule has 0 heterocycles. The Balaban J connectivity index is 2.81. The van der Waals surface area contributed by atoms with Crippen LogP contribution in [0.25, 0.3) is 22.9 Å². The predicted molar refractivity (Wildman–Crippen MR) is 71.1 cm³/mol. The SMILES string of the molecule is C=Cc1ccc2cc(C(=O)O)cc(C=C)c2c1. The van der Waals surface area contributed by atoms with Crippen molar-refractivity contribution in [2.75, 3.05) is 0 Å². The van der Waals surface area contributed by atoms with Gasteiger partial charge in [-0.3, -0.25) is 0 Å². The van der Waals surface area contributed by atoms with Gasteiger partial charge in [-0.05, 0) is 40.1 Å². The van der Waals surface area contributed by atoms with Crippen LogP contribution in [0.5, 0.6) is 0 Å². The highest BCUT2D eigenvalue weighted by molar-refractivity contribution is 5.99. The van der Waals surface area contributed by atoms with Crippen LogP contribution in [0.3, 0.4) is 0 Å². The van der Waals surface area contributed by atoms with Crippen molar-refractivity contribution < 1.29 is 9.90 Å². The maximum atomic E-state index is 11.0. The van der Waals surface area contributed by atoms with Gasteiger partial charge in [0, 0.05) is 0 Å². The zero-order chi connectivity index (χ0) is 12.4. The van der Waals surface area contributed by atoms with Crippen molar-refractivity contribution in [3.63, 3.8) is 0 Å². The van der Waals surface area contributed by atoms with E-state index in [0.29, 0.717) is 0 Å². The first kappa shape index (κ1) is 11.1.